The van der Waals surface area contributed by atoms with E-state index >= 15 is 0 Å². The Labute approximate surface area is 140 Å². The highest BCUT2D eigenvalue weighted by Crippen LogP contribution is 2.36. The molecule has 0 saturated heterocycles. The number of aliphatic hydroxyl groups is 2. The molecule has 0 aromatic heterocycles. The number of rotatable bonds is 2. The standard InChI is InChI=1S/C19H33N2O2/c22-18-11-5-3-9-16(18)20-13-21(15-8-2-1-7-14(15)20)17-10-4-6-12-19(17)23/h13-19,22-23H,1-12H2/q+1/t14?,15?,16-,17-,18-,19-/m0/s1. The largest absolute Gasteiger partial charge is 0.389 e. The molecule has 3 aliphatic carbocycles. The van der Waals surface area contributed by atoms with E-state index in [4.69, 9.17) is 0 Å². The van der Waals surface area contributed by atoms with Crippen molar-refractivity contribution in [3.05, 3.63) is 0 Å². The number of hydrogen-bond acceptors (Lipinski definition) is 3. The van der Waals surface area contributed by atoms with Crippen molar-refractivity contribution in [1.29, 1.82) is 0 Å². The first-order chi connectivity index (χ1) is 11.3. The van der Waals surface area contributed by atoms with E-state index in [1.54, 1.807) is 0 Å². The Balaban J connectivity index is 1.60. The Kier molecular flexibility index (Phi) is 4.64. The number of aliphatic hydroxyl groups excluding tert-OH is 2. The van der Waals surface area contributed by atoms with Crippen LogP contribution in [0.2, 0.25) is 0 Å². The summed E-state index contributed by atoms with van der Waals surface area (Å²) < 4.78 is 2.52. The summed E-state index contributed by atoms with van der Waals surface area (Å²) in [5.74, 6) is 0. The van der Waals surface area contributed by atoms with Gasteiger partial charge in [-0.05, 0) is 64.2 Å². The average molecular weight is 321 g/mol. The summed E-state index contributed by atoms with van der Waals surface area (Å²) in [6.45, 7) is 0. The van der Waals surface area contributed by atoms with Crippen LogP contribution in [0.1, 0.15) is 77.0 Å². The second-order valence-electron chi connectivity index (χ2n) is 8.27. The molecule has 0 spiro atoms. The minimum Gasteiger partial charge on any atom is -0.389 e. The maximum Gasteiger partial charge on any atom is 0.235 e. The van der Waals surface area contributed by atoms with Crippen LogP contribution in [0.4, 0.5) is 0 Å². The third-order valence-corrected chi connectivity index (χ3v) is 6.88. The molecule has 1 heterocycles. The number of nitrogens with zero attached hydrogens (tertiary/aromatic N) is 2. The fraction of sp³-hybridized carbons (Fsp3) is 0.947. The topological polar surface area (TPSA) is 46.7 Å². The van der Waals surface area contributed by atoms with Gasteiger partial charge < -0.3 is 10.2 Å². The molecular formula is C19H33N2O2+. The minimum atomic E-state index is -0.168. The molecule has 0 amide bonds. The maximum absolute atomic E-state index is 10.5. The summed E-state index contributed by atoms with van der Waals surface area (Å²) in [6, 6.07) is 1.74. The van der Waals surface area contributed by atoms with E-state index < -0.39 is 0 Å². The number of hydrogen-bond donors (Lipinski definition) is 2. The van der Waals surface area contributed by atoms with E-state index in [2.05, 4.69) is 15.8 Å². The van der Waals surface area contributed by atoms with Gasteiger partial charge >= 0.3 is 0 Å². The lowest BCUT2D eigenvalue weighted by Crippen LogP contribution is -2.51. The molecule has 23 heavy (non-hydrogen) atoms. The van der Waals surface area contributed by atoms with Crippen LogP contribution in [-0.2, 0) is 0 Å². The SMILES string of the molecule is O[C@H]1CCCC[C@@H]1N1C=[N+]([C@H]2CCCC[C@@H]2O)C2CCCCC21. The van der Waals surface area contributed by atoms with E-state index in [1.807, 2.05) is 0 Å². The van der Waals surface area contributed by atoms with Gasteiger partial charge in [0.05, 0.1) is 12.2 Å². The Hall–Kier alpha value is -0.610. The van der Waals surface area contributed by atoms with Crippen molar-refractivity contribution >= 4 is 6.34 Å². The maximum atomic E-state index is 10.5. The molecule has 4 nitrogen and oxygen atoms in total. The van der Waals surface area contributed by atoms with E-state index in [0.29, 0.717) is 24.2 Å². The summed E-state index contributed by atoms with van der Waals surface area (Å²) in [6.07, 6.45) is 16.1. The van der Waals surface area contributed by atoms with Crippen LogP contribution in [0.25, 0.3) is 0 Å². The molecule has 4 heteroatoms. The molecule has 0 radical (unpaired) electrons. The lowest BCUT2D eigenvalue weighted by Gasteiger charge is -2.36. The first-order valence-corrected chi connectivity index (χ1v) is 10.0. The zero-order valence-electron chi connectivity index (χ0n) is 14.3. The Morgan fingerprint density at radius 3 is 1.91 bits per heavy atom. The van der Waals surface area contributed by atoms with Crippen LogP contribution in [-0.4, -0.2) is 62.4 Å². The first kappa shape index (κ1) is 15.9. The van der Waals surface area contributed by atoms with Crippen LogP contribution in [0, 0.1) is 0 Å². The highest BCUT2D eigenvalue weighted by Gasteiger charge is 2.50. The van der Waals surface area contributed by atoms with Crippen molar-refractivity contribution in [3.8, 4) is 0 Å². The third kappa shape index (κ3) is 2.93. The van der Waals surface area contributed by atoms with E-state index in [0.717, 1.165) is 25.7 Å². The van der Waals surface area contributed by atoms with Gasteiger partial charge in [0, 0.05) is 0 Å². The molecule has 4 rings (SSSR count). The van der Waals surface area contributed by atoms with Gasteiger partial charge in [0.1, 0.15) is 24.2 Å². The minimum absolute atomic E-state index is 0.168. The fourth-order valence-electron chi connectivity index (χ4n) is 5.65. The highest BCUT2D eigenvalue weighted by atomic mass is 16.3. The lowest BCUT2D eigenvalue weighted by atomic mass is 9.85. The molecule has 0 aromatic rings. The van der Waals surface area contributed by atoms with E-state index in [9.17, 15) is 10.2 Å². The normalized spacial score (nSPS) is 44.8. The monoisotopic (exact) mass is 321 g/mol. The average Bonchev–Trinajstić information content (AvgIpc) is 2.95. The fourth-order valence-corrected chi connectivity index (χ4v) is 5.65. The Morgan fingerprint density at radius 2 is 1.22 bits per heavy atom. The highest BCUT2D eigenvalue weighted by molar-refractivity contribution is 5.53. The molecule has 1 aliphatic heterocycles. The van der Waals surface area contributed by atoms with Crippen LogP contribution in [0.5, 0.6) is 0 Å². The summed E-state index contributed by atoms with van der Waals surface area (Å²) in [7, 11) is 0. The van der Waals surface area contributed by atoms with Crippen molar-refractivity contribution in [1.82, 2.24) is 4.90 Å². The summed E-state index contributed by atoms with van der Waals surface area (Å²) in [4.78, 5) is 2.52. The summed E-state index contributed by atoms with van der Waals surface area (Å²) in [5.41, 5.74) is 0. The van der Waals surface area contributed by atoms with Gasteiger partial charge in [0.15, 0.2) is 0 Å². The van der Waals surface area contributed by atoms with Gasteiger partial charge in [-0.3, -0.25) is 9.48 Å². The summed E-state index contributed by atoms with van der Waals surface area (Å²) >= 11 is 0. The van der Waals surface area contributed by atoms with E-state index in [-0.39, 0.29) is 12.2 Å². The predicted molar refractivity (Wildman–Crippen MR) is 90.7 cm³/mol. The van der Waals surface area contributed by atoms with Gasteiger partial charge in [-0.1, -0.05) is 12.8 Å². The van der Waals surface area contributed by atoms with Crippen LogP contribution in [0.15, 0.2) is 0 Å². The molecule has 0 aromatic carbocycles. The molecule has 3 fully saturated rings. The van der Waals surface area contributed by atoms with Crippen molar-refractivity contribution < 1.29 is 14.8 Å². The first-order valence-electron chi connectivity index (χ1n) is 10.0. The van der Waals surface area contributed by atoms with Crippen molar-refractivity contribution in [3.63, 3.8) is 0 Å². The van der Waals surface area contributed by atoms with Crippen LogP contribution >= 0.6 is 0 Å². The smallest absolute Gasteiger partial charge is 0.235 e. The van der Waals surface area contributed by atoms with Crippen molar-refractivity contribution in [2.45, 2.75) is 113 Å². The quantitative estimate of drug-likeness (QED) is 0.767. The molecule has 2 unspecified atom stereocenters. The van der Waals surface area contributed by atoms with Crippen LogP contribution < -0.4 is 0 Å². The molecule has 2 N–H and O–H groups in total. The molecule has 0 bridgehead atoms. The Morgan fingerprint density at radius 1 is 0.652 bits per heavy atom. The second kappa shape index (κ2) is 6.72. The molecular weight excluding hydrogens is 288 g/mol. The molecule has 3 saturated carbocycles. The van der Waals surface area contributed by atoms with Gasteiger partial charge in [0.2, 0.25) is 6.34 Å². The molecule has 6 atom stereocenters. The third-order valence-electron chi connectivity index (χ3n) is 6.88. The van der Waals surface area contributed by atoms with Gasteiger partial charge in [-0.25, -0.2) is 0 Å². The lowest BCUT2D eigenvalue weighted by molar-refractivity contribution is -0.606. The number of fused-ring (bicyclic) bond motifs is 1. The zero-order chi connectivity index (χ0) is 15.8. The molecule has 4 aliphatic rings. The van der Waals surface area contributed by atoms with E-state index in [1.165, 1.54) is 51.4 Å². The second-order valence-corrected chi connectivity index (χ2v) is 8.27. The Bertz CT molecular complexity index is 453. The molecule has 130 valence electrons. The van der Waals surface area contributed by atoms with Gasteiger partial charge in [0.25, 0.3) is 0 Å². The van der Waals surface area contributed by atoms with Crippen molar-refractivity contribution in [2.24, 2.45) is 0 Å². The van der Waals surface area contributed by atoms with Crippen LogP contribution in [0.3, 0.4) is 0 Å². The van der Waals surface area contributed by atoms with Gasteiger partial charge in [-0.15, -0.1) is 0 Å². The van der Waals surface area contributed by atoms with Gasteiger partial charge in [-0.2, -0.15) is 0 Å². The zero-order valence-corrected chi connectivity index (χ0v) is 14.3. The van der Waals surface area contributed by atoms with Crippen molar-refractivity contribution in [2.75, 3.05) is 0 Å². The summed E-state index contributed by atoms with van der Waals surface area (Å²) in [5, 5.41) is 21.1. The predicted octanol–water partition coefficient (Wildman–Crippen LogP) is 2.26.